The lowest BCUT2D eigenvalue weighted by molar-refractivity contribution is 0.161. The Bertz CT molecular complexity index is 472. The molecule has 0 saturated carbocycles. The van der Waals surface area contributed by atoms with E-state index in [9.17, 15) is 0 Å². The number of methoxy groups -OCH3 is 1. The van der Waals surface area contributed by atoms with Gasteiger partial charge in [0.1, 0.15) is 5.75 Å². The number of rotatable bonds is 2. The van der Waals surface area contributed by atoms with Crippen LogP contribution in [0.5, 0.6) is 5.75 Å². The van der Waals surface area contributed by atoms with Crippen LogP contribution in [-0.2, 0) is 0 Å². The third-order valence-corrected chi connectivity index (χ3v) is 4.93. The fourth-order valence-corrected chi connectivity index (χ4v) is 3.70. The quantitative estimate of drug-likeness (QED) is 0.884. The Morgan fingerprint density at radius 2 is 2.05 bits per heavy atom. The fraction of sp³-hybridized carbons (Fsp3) is 0.625. The smallest absolute Gasteiger partial charge is 0.122 e. The molecule has 2 fully saturated rings. The van der Waals surface area contributed by atoms with E-state index < -0.39 is 0 Å². The van der Waals surface area contributed by atoms with Crippen LogP contribution in [0.3, 0.4) is 0 Å². The standard InChI is InChI=1S/C16H24N2O/c1-11-12(2)16(19-3)7-5-14(11)15-6-4-13-10-17-8-9-18(13)15/h5,7,13,15,17H,4,6,8-10H2,1-3H3/t13-,15?/m0/s1. The van der Waals surface area contributed by atoms with Gasteiger partial charge < -0.3 is 10.1 Å². The molecule has 2 saturated heterocycles. The van der Waals surface area contributed by atoms with Gasteiger partial charge in [0.25, 0.3) is 0 Å². The van der Waals surface area contributed by atoms with E-state index in [1.807, 2.05) is 0 Å². The number of benzene rings is 1. The first-order valence-electron chi connectivity index (χ1n) is 7.33. The highest BCUT2D eigenvalue weighted by atomic mass is 16.5. The number of ether oxygens (including phenoxy) is 1. The van der Waals surface area contributed by atoms with Crippen molar-refractivity contribution in [2.75, 3.05) is 26.7 Å². The maximum Gasteiger partial charge on any atom is 0.122 e. The first kappa shape index (κ1) is 12.9. The fourth-order valence-electron chi connectivity index (χ4n) is 3.70. The van der Waals surface area contributed by atoms with Crippen LogP contribution in [0.1, 0.15) is 35.6 Å². The van der Waals surface area contributed by atoms with E-state index >= 15 is 0 Å². The maximum absolute atomic E-state index is 5.43. The molecule has 3 rings (SSSR count). The lowest BCUT2D eigenvalue weighted by Crippen LogP contribution is -2.48. The number of hydrogen-bond donors (Lipinski definition) is 1. The van der Waals surface area contributed by atoms with Gasteiger partial charge in [-0.25, -0.2) is 0 Å². The Morgan fingerprint density at radius 3 is 2.84 bits per heavy atom. The van der Waals surface area contributed by atoms with Crippen molar-refractivity contribution in [3.63, 3.8) is 0 Å². The molecule has 0 bridgehead atoms. The molecular formula is C16H24N2O. The second kappa shape index (κ2) is 5.14. The molecule has 3 heteroatoms. The van der Waals surface area contributed by atoms with Crippen LogP contribution in [0.25, 0.3) is 0 Å². The average molecular weight is 260 g/mol. The molecule has 0 spiro atoms. The summed E-state index contributed by atoms with van der Waals surface area (Å²) in [7, 11) is 1.75. The molecule has 104 valence electrons. The second-order valence-corrected chi connectivity index (χ2v) is 5.80. The van der Waals surface area contributed by atoms with Gasteiger partial charge in [-0.2, -0.15) is 0 Å². The number of nitrogens with zero attached hydrogens (tertiary/aromatic N) is 1. The molecule has 3 nitrogen and oxygen atoms in total. The van der Waals surface area contributed by atoms with Crippen LogP contribution >= 0.6 is 0 Å². The van der Waals surface area contributed by atoms with Crippen molar-refractivity contribution < 1.29 is 4.74 Å². The molecular weight excluding hydrogens is 236 g/mol. The molecule has 0 radical (unpaired) electrons. The van der Waals surface area contributed by atoms with Crippen molar-refractivity contribution in [3.05, 3.63) is 28.8 Å². The molecule has 19 heavy (non-hydrogen) atoms. The van der Waals surface area contributed by atoms with Gasteiger partial charge in [-0.05, 0) is 49.4 Å². The largest absolute Gasteiger partial charge is 0.496 e. The molecule has 0 aromatic heterocycles. The molecule has 1 unspecified atom stereocenters. The molecule has 2 atom stereocenters. The zero-order valence-corrected chi connectivity index (χ0v) is 12.2. The highest BCUT2D eigenvalue weighted by Crippen LogP contribution is 2.39. The normalized spacial score (nSPS) is 27.3. The van der Waals surface area contributed by atoms with E-state index in [-0.39, 0.29) is 0 Å². The summed E-state index contributed by atoms with van der Waals surface area (Å²) in [5.74, 6) is 1.01. The van der Waals surface area contributed by atoms with Gasteiger partial charge in [0.15, 0.2) is 0 Å². The highest BCUT2D eigenvalue weighted by Gasteiger charge is 2.36. The van der Waals surface area contributed by atoms with Crippen molar-refractivity contribution in [3.8, 4) is 5.75 Å². The minimum Gasteiger partial charge on any atom is -0.496 e. The zero-order valence-electron chi connectivity index (χ0n) is 12.2. The van der Waals surface area contributed by atoms with Crippen molar-refractivity contribution in [1.29, 1.82) is 0 Å². The third kappa shape index (κ3) is 2.15. The van der Waals surface area contributed by atoms with E-state index in [4.69, 9.17) is 4.74 Å². The van der Waals surface area contributed by atoms with Gasteiger partial charge in [-0.1, -0.05) is 6.07 Å². The van der Waals surface area contributed by atoms with Crippen LogP contribution < -0.4 is 10.1 Å². The Labute approximate surface area is 115 Å². The second-order valence-electron chi connectivity index (χ2n) is 5.80. The van der Waals surface area contributed by atoms with Crippen LogP contribution in [0.15, 0.2) is 12.1 Å². The van der Waals surface area contributed by atoms with Gasteiger partial charge in [0, 0.05) is 31.7 Å². The minimum absolute atomic E-state index is 0.608. The topological polar surface area (TPSA) is 24.5 Å². The molecule has 1 N–H and O–H groups in total. The van der Waals surface area contributed by atoms with Gasteiger partial charge in [-0.15, -0.1) is 0 Å². The molecule has 2 aliphatic heterocycles. The Balaban J connectivity index is 1.92. The van der Waals surface area contributed by atoms with Crippen molar-refractivity contribution in [1.82, 2.24) is 10.2 Å². The van der Waals surface area contributed by atoms with E-state index in [1.165, 1.54) is 36.1 Å². The van der Waals surface area contributed by atoms with Crippen LogP contribution in [0.2, 0.25) is 0 Å². The molecule has 0 aliphatic carbocycles. The average Bonchev–Trinajstić information content (AvgIpc) is 2.86. The Morgan fingerprint density at radius 1 is 1.21 bits per heavy atom. The van der Waals surface area contributed by atoms with Gasteiger partial charge >= 0.3 is 0 Å². The van der Waals surface area contributed by atoms with Crippen LogP contribution in [0, 0.1) is 13.8 Å². The summed E-state index contributed by atoms with van der Waals surface area (Å²) in [6.45, 7) is 7.87. The SMILES string of the molecule is COc1ccc(C2CC[C@H]3CNCCN23)c(C)c1C. The maximum atomic E-state index is 5.43. The minimum atomic E-state index is 0.608. The van der Waals surface area contributed by atoms with Crippen LogP contribution in [0.4, 0.5) is 0 Å². The number of hydrogen-bond acceptors (Lipinski definition) is 3. The Kier molecular flexibility index (Phi) is 3.50. The molecule has 1 aromatic carbocycles. The van der Waals surface area contributed by atoms with Gasteiger partial charge in [0.05, 0.1) is 7.11 Å². The number of piperazine rings is 1. The predicted octanol–water partition coefficient (Wildman–Crippen LogP) is 2.42. The summed E-state index contributed by atoms with van der Waals surface area (Å²) in [5.41, 5.74) is 4.20. The Hall–Kier alpha value is -1.06. The van der Waals surface area contributed by atoms with Gasteiger partial charge in [0.2, 0.25) is 0 Å². The summed E-state index contributed by atoms with van der Waals surface area (Å²) < 4.78 is 5.43. The summed E-state index contributed by atoms with van der Waals surface area (Å²) >= 11 is 0. The third-order valence-electron chi connectivity index (χ3n) is 4.93. The first-order chi connectivity index (χ1) is 9.22. The summed E-state index contributed by atoms with van der Waals surface area (Å²) in [4.78, 5) is 2.70. The number of fused-ring (bicyclic) bond motifs is 1. The molecule has 2 heterocycles. The van der Waals surface area contributed by atoms with E-state index in [0.717, 1.165) is 24.9 Å². The molecule has 2 aliphatic rings. The zero-order chi connectivity index (χ0) is 13.4. The lowest BCUT2D eigenvalue weighted by atomic mass is 9.95. The van der Waals surface area contributed by atoms with E-state index in [2.05, 4.69) is 36.2 Å². The van der Waals surface area contributed by atoms with Crippen molar-refractivity contribution in [2.24, 2.45) is 0 Å². The van der Waals surface area contributed by atoms with Crippen LogP contribution in [-0.4, -0.2) is 37.7 Å². The van der Waals surface area contributed by atoms with Gasteiger partial charge in [-0.3, -0.25) is 4.90 Å². The summed E-state index contributed by atoms with van der Waals surface area (Å²) in [6, 6.07) is 5.75. The first-order valence-corrected chi connectivity index (χ1v) is 7.33. The predicted molar refractivity (Wildman–Crippen MR) is 77.8 cm³/mol. The van der Waals surface area contributed by atoms with Crippen molar-refractivity contribution in [2.45, 2.75) is 38.8 Å². The molecule has 0 amide bonds. The number of nitrogens with one attached hydrogen (secondary N) is 1. The highest BCUT2D eigenvalue weighted by molar-refractivity contribution is 5.45. The monoisotopic (exact) mass is 260 g/mol. The van der Waals surface area contributed by atoms with E-state index in [0.29, 0.717) is 6.04 Å². The lowest BCUT2D eigenvalue weighted by Gasteiger charge is -2.35. The van der Waals surface area contributed by atoms with Crippen molar-refractivity contribution >= 4 is 0 Å². The van der Waals surface area contributed by atoms with E-state index in [1.54, 1.807) is 7.11 Å². The molecule has 1 aromatic rings. The summed E-state index contributed by atoms with van der Waals surface area (Å²) in [6.07, 6.45) is 2.61. The summed E-state index contributed by atoms with van der Waals surface area (Å²) in [5, 5.41) is 3.51.